The van der Waals surface area contributed by atoms with Crippen molar-refractivity contribution < 1.29 is 9.53 Å². The van der Waals surface area contributed by atoms with Crippen LogP contribution in [-0.4, -0.2) is 65.7 Å². The molecule has 2 atom stereocenters. The third-order valence-corrected chi connectivity index (χ3v) is 5.92. The van der Waals surface area contributed by atoms with Gasteiger partial charge >= 0.3 is 0 Å². The van der Waals surface area contributed by atoms with E-state index in [1.54, 1.807) is 6.20 Å². The van der Waals surface area contributed by atoms with Crippen LogP contribution in [0.3, 0.4) is 0 Å². The number of pyridine rings is 1. The molecule has 2 aliphatic heterocycles. The highest BCUT2D eigenvalue weighted by atomic mass is 16.5. The van der Waals surface area contributed by atoms with Crippen LogP contribution in [0.5, 0.6) is 0 Å². The maximum absolute atomic E-state index is 12.7. The van der Waals surface area contributed by atoms with Gasteiger partial charge in [-0.25, -0.2) is 9.97 Å². The van der Waals surface area contributed by atoms with Crippen LogP contribution in [0, 0.1) is 0 Å². The predicted molar refractivity (Wildman–Crippen MR) is 111 cm³/mol. The molecular formula is C21H29N5O3. The lowest BCUT2D eigenvalue weighted by Crippen LogP contribution is -2.39. The summed E-state index contributed by atoms with van der Waals surface area (Å²) in [5.74, 6) is 0.875. The molecule has 2 saturated heterocycles. The van der Waals surface area contributed by atoms with Crippen LogP contribution < -0.4 is 10.5 Å². The Balaban J connectivity index is 1.49. The van der Waals surface area contributed by atoms with E-state index in [1.165, 1.54) is 0 Å². The molecule has 8 heteroatoms. The molecule has 0 radical (unpaired) electrons. The number of carbonyl (C=O) groups is 1. The molecule has 0 saturated carbocycles. The molecule has 2 aromatic rings. The molecule has 0 aromatic carbocycles. The minimum Gasteiger partial charge on any atom is -0.378 e. The highest BCUT2D eigenvalue weighted by molar-refractivity contribution is 5.78. The van der Waals surface area contributed by atoms with E-state index >= 15 is 0 Å². The van der Waals surface area contributed by atoms with Crippen molar-refractivity contribution >= 4 is 22.8 Å². The fourth-order valence-electron chi connectivity index (χ4n) is 4.26. The Bertz CT molecular complexity index is 936. The van der Waals surface area contributed by atoms with E-state index in [4.69, 9.17) is 4.74 Å². The fourth-order valence-corrected chi connectivity index (χ4v) is 4.26. The molecule has 1 amide bonds. The van der Waals surface area contributed by atoms with E-state index in [9.17, 15) is 9.59 Å². The van der Waals surface area contributed by atoms with Gasteiger partial charge in [0.15, 0.2) is 0 Å². The summed E-state index contributed by atoms with van der Waals surface area (Å²) in [6, 6.07) is 1.94. The minimum atomic E-state index is -0.176. The van der Waals surface area contributed by atoms with Crippen molar-refractivity contribution in [3.63, 3.8) is 0 Å². The second-order valence-corrected chi connectivity index (χ2v) is 8.27. The van der Waals surface area contributed by atoms with Gasteiger partial charge in [0.2, 0.25) is 11.9 Å². The number of nitrogens with one attached hydrogen (secondary N) is 1. The van der Waals surface area contributed by atoms with Crippen LogP contribution in [0.15, 0.2) is 17.1 Å². The zero-order chi connectivity index (χ0) is 20.4. The molecule has 2 fully saturated rings. The van der Waals surface area contributed by atoms with Crippen molar-refractivity contribution in [1.82, 2.24) is 19.9 Å². The van der Waals surface area contributed by atoms with Crippen LogP contribution >= 0.6 is 0 Å². The number of piperidine rings is 1. The van der Waals surface area contributed by atoms with Gasteiger partial charge in [0.1, 0.15) is 0 Å². The van der Waals surface area contributed by atoms with Crippen molar-refractivity contribution in [3.05, 3.63) is 28.3 Å². The van der Waals surface area contributed by atoms with E-state index < -0.39 is 0 Å². The Morgan fingerprint density at radius 1 is 1.34 bits per heavy atom. The van der Waals surface area contributed by atoms with Gasteiger partial charge in [0.05, 0.1) is 17.0 Å². The lowest BCUT2D eigenvalue weighted by Gasteiger charge is -2.33. The molecule has 0 bridgehead atoms. The Kier molecular flexibility index (Phi) is 5.80. The number of fused-ring (bicyclic) bond motifs is 1. The van der Waals surface area contributed by atoms with E-state index in [0.29, 0.717) is 29.8 Å². The highest BCUT2D eigenvalue weighted by Crippen LogP contribution is 2.27. The Morgan fingerprint density at radius 2 is 2.21 bits per heavy atom. The lowest BCUT2D eigenvalue weighted by molar-refractivity contribution is -0.133. The lowest BCUT2D eigenvalue weighted by atomic mass is 9.93. The molecule has 4 rings (SSSR count). The average Bonchev–Trinajstić information content (AvgIpc) is 3.25. The summed E-state index contributed by atoms with van der Waals surface area (Å²) in [4.78, 5) is 40.8. The molecule has 8 nitrogen and oxygen atoms in total. The van der Waals surface area contributed by atoms with Crippen LogP contribution in [0.4, 0.5) is 5.95 Å². The van der Waals surface area contributed by atoms with Crippen molar-refractivity contribution in [3.8, 4) is 0 Å². The molecule has 0 aliphatic carbocycles. The third kappa shape index (κ3) is 4.42. The van der Waals surface area contributed by atoms with Gasteiger partial charge in [0, 0.05) is 58.0 Å². The largest absolute Gasteiger partial charge is 0.378 e. The first-order valence-corrected chi connectivity index (χ1v) is 10.5. The zero-order valence-corrected chi connectivity index (χ0v) is 17.2. The first kappa shape index (κ1) is 19.8. The summed E-state index contributed by atoms with van der Waals surface area (Å²) in [7, 11) is 3.74. The zero-order valence-electron chi connectivity index (χ0n) is 17.2. The Hall–Kier alpha value is -2.48. The highest BCUT2D eigenvalue weighted by Gasteiger charge is 2.27. The number of aromatic nitrogens is 3. The van der Waals surface area contributed by atoms with E-state index in [0.717, 1.165) is 50.9 Å². The summed E-state index contributed by atoms with van der Waals surface area (Å²) in [6.07, 6.45) is 7.18. The monoisotopic (exact) mass is 399 g/mol. The van der Waals surface area contributed by atoms with Gasteiger partial charge in [-0.1, -0.05) is 0 Å². The molecular weight excluding hydrogens is 370 g/mol. The van der Waals surface area contributed by atoms with Gasteiger partial charge in [-0.3, -0.25) is 9.59 Å². The summed E-state index contributed by atoms with van der Waals surface area (Å²) in [5, 5.41) is 0.486. The first-order chi connectivity index (χ1) is 14.0. The molecule has 2 aliphatic rings. The SMILES string of the molecule is CN(C)c1ncc2c(=O)[nH]c([C@@H]3CCCN(C(=O)CC[C@@H]4CCCO4)C3)cc2n1. The van der Waals surface area contributed by atoms with Crippen molar-refractivity contribution in [2.24, 2.45) is 0 Å². The van der Waals surface area contributed by atoms with Crippen LogP contribution in [0.2, 0.25) is 0 Å². The third-order valence-electron chi connectivity index (χ3n) is 5.92. The number of aromatic amines is 1. The number of rotatable bonds is 5. The number of anilines is 1. The second kappa shape index (κ2) is 8.49. The number of carbonyl (C=O) groups excluding carboxylic acids is 1. The van der Waals surface area contributed by atoms with Crippen molar-refractivity contribution in [2.45, 2.75) is 50.5 Å². The van der Waals surface area contributed by atoms with Gasteiger partial charge in [0.25, 0.3) is 5.56 Å². The second-order valence-electron chi connectivity index (χ2n) is 8.27. The molecule has 0 unspecified atom stereocenters. The maximum Gasteiger partial charge on any atom is 0.259 e. The molecule has 2 aromatic heterocycles. The van der Waals surface area contributed by atoms with Crippen molar-refractivity contribution in [2.75, 3.05) is 38.7 Å². The predicted octanol–water partition coefficient (Wildman–Crippen LogP) is 2.05. The first-order valence-electron chi connectivity index (χ1n) is 10.5. The number of nitrogens with zero attached hydrogens (tertiary/aromatic N) is 4. The van der Waals surface area contributed by atoms with Gasteiger partial charge in [-0.05, 0) is 38.2 Å². The number of hydrogen-bond donors (Lipinski definition) is 1. The Labute approximate surface area is 170 Å². The fraction of sp³-hybridized carbons (Fsp3) is 0.619. The molecule has 29 heavy (non-hydrogen) atoms. The molecule has 1 N–H and O–H groups in total. The summed E-state index contributed by atoms with van der Waals surface area (Å²) in [5.41, 5.74) is 1.32. The number of amides is 1. The number of ether oxygens (including phenoxy) is 1. The van der Waals surface area contributed by atoms with E-state index in [-0.39, 0.29) is 23.5 Å². The maximum atomic E-state index is 12.7. The molecule has 0 spiro atoms. The van der Waals surface area contributed by atoms with Gasteiger partial charge < -0.3 is 19.5 Å². The number of likely N-dealkylation sites (tertiary alicyclic amines) is 1. The van der Waals surface area contributed by atoms with Crippen LogP contribution in [0.25, 0.3) is 10.9 Å². The van der Waals surface area contributed by atoms with E-state index in [1.807, 2.05) is 30.0 Å². The molecule has 4 heterocycles. The smallest absolute Gasteiger partial charge is 0.259 e. The summed E-state index contributed by atoms with van der Waals surface area (Å²) >= 11 is 0. The van der Waals surface area contributed by atoms with Crippen LogP contribution in [0.1, 0.15) is 50.1 Å². The van der Waals surface area contributed by atoms with Crippen LogP contribution in [-0.2, 0) is 9.53 Å². The topological polar surface area (TPSA) is 91.4 Å². The number of hydrogen-bond acceptors (Lipinski definition) is 6. The quantitative estimate of drug-likeness (QED) is 0.827. The number of H-pyrrole nitrogens is 1. The summed E-state index contributed by atoms with van der Waals surface area (Å²) < 4.78 is 5.64. The van der Waals surface area contributed by atoms with Gasteiger partial charge in [-0.15, -0.1) is 0 Å². The average molecular weight is 399 g/mol. The minimum absolute atomic E-state index is 0.116. The van der Waals surface area contributed by atoms with Crippen molar-refractivity contribution in [1.29, 1.82) is 0 Å². The molecule has 156 valence electrons. The summed E-state index contributed by atoms with van der Waals surface area (Å²) in [6.45, 7) is 2.24. The van der Waals surface area contributed by atoms with E-state index in [2.05, 4.69) is 15.0 Å². The Morgan fingerprint density at radius 3 is 2.97 bits per heavy atom. The standard InChI is InChI=1S/C21H29N5O3/c1-25(2)21-22-12-16-18(24-21)11-17(23-20(16)28)14-5-3-9-26(13-14)19(27)8-7-15-6-4-10-29-15/h11-12,14-15H,3-10,13H2,1-2H3,(H,23,28)/t14-,15+/m1/s1. The normalized spacial score (nSPS) is 22.2. The van der Waals surface area contributed by atoms with Gasteiger partial charge in [-0.2, -0.15) is 0 Å².